The Morgan fingerprint density at radius 2 is 1.65 bits per heavy atom. The first-order valence-corrected chi connectivity index (χ1v) is 20.5. The Labute approximate surface area is 341 Å². The molecule has 4 aromatic rings. The van der Waals surface area contributed by atoms with Crippen molar-refractivity contribution in [1.29, 1.82) is 0 Å². The van der Waals surface area contributed by atoms with Crippen molar-refractivity contribution in [3.8, 4) is 11.3 Å². The molecule has 0 saturated carbocycles. The third-order valence-electron chi connectivity index (χ3n) is 10.5. The number of carbonyl (C=O) groups excluding carboxylic acids is 1. The van der Waals surface area contributed by atoms with Crippen LogP contribution in [0.3, 0.4) is 0 Å². The molecule has 0 aliphatic carbocycles. The quantitative estimate of drug-likeness (QED) is 0.0462. The number of allylic oxidation sites excluding steroid dienone is 5. The van der Waals surface area contributed by atoms with Gasteiger partial charge >= 0.3 is 0 Å². The van der Waals surface area contributed by atoms with Gasteiger partial charge in [0.1, 0.15) is 5.76 Å². The summed E-state index contributed by atoms with van der Waals surface area (Å²) >= 11 is 8.21. The number of ketones is 1. The van der Waals surface area contributed by atoms with Gasteiger partial charge < -0.3 is 5.11 Å². The van der Waals surface area contributed by atoms with Crippen molar-refractivity contribution in [2.24, 2.45) is 16.7 Å². The molecule has 285 valence electrons. The summed E-state index contributed by atoms with van der Waals surface area (Å²) in [6, 6.07) is 10.2. The number of aliphatic hydroxyl groups is 1. The molecule has 1 radical (unpaired) electrons. The first kappa shape index (κ1) is 45.9. The number of fused-ring (bicyclic) bond motifs is 2. The zero-order chi connectivity index (χ0) is 38.3. The minimum atomic E-state index is -0.337. The molecule has 0 bridgehead atoms. The number of hydrogen-bond acceptors (Lipinski definition) is 6. The van der Waals surface area contributed by atoms with E-state index in [2.05, 4.69) is 103 Å². The maximum Gasteiger partial charge on any atom is 0.164 e. The predicted molar refractivity (Wildman–Crippen MR) is 231 cm³/mol. The predicted octanol–water partition coefficient (Wildman–Crippen LogP) is 14.8. The van der Waals surface area contributed by atoms with Crippen molar-refractivity contribution in [2.45, 2.75) is 121 Å². The van der Waals surface area contributed by atoms with E-state index in [1.807, 2.05) is 53.8 Å². The van der Waals surface area contributed by atoms with E-state index in [0.29, 0.717) is 5.92 Å². The van der Waals surface area contributed by atoms with E-state index in [4.69, 9.17) is 4.98 Å². The number of aliphatic hydroxyl groups excluding tert-OH is 1. The second-order valence-corrected chi connectivity index (χ2v) is 18.3. The van der Waals surface area contributed by atoms with Crippen LogP contribution in [0.15, 0.2) is 64.7 Å². The SMILES string of the molecule is C=Cc1c(/C=C/C(CC(C)C)=C(/C)S)sc2ccnc(-c3[c-]c4ccsc4c(C(C)(C)C)c3)c12.CCC(C)(CC)C(=O)/C=C(\O)C(C)(CC)CC.[Ir]. The van der Waals surface area contributed by atoms with E-state index in [1.165, 1.54) is 31.5 Å². The van der Waals surface area contributed by atoms with Gasteiger partial charge in [0.2, 0.25) is 0 Å². The molecule has 3 aromatic heterocycles. The van der Waals surface area contributed by atoms with Crippen LogP contribution >= 0.6 is 35.3 Å². The van der Waals surface area contributed by atoms with Gasteiger partial charge in [-0.25, -0.2) is 0 Å². The maximum absolute atomic E-state index is 12.2. The van der Waals surface area contributed by atoms with Crippen LogP contribution in [-0.4, -0.2) is 15.9 Å². The number of benzene rings is 1. The van der Waals surface area contributed by atoms with Gasteiger partial charge in [0.25, 0.3) is 0 Å². The summed E-state index contributed by atoms with van der Waals surface area (Å²) in [5, 5.41) is 14.6. The molecule has 0 saturated heterocycles. The smallest absolute Gasteiger partial charge is 0.164 e. The molecule has 0 fully saturated rings. The van der Waals surface area contributed by atoms with E-state index >= 15 is 0 Å². The van der Waals surface area contributed by atoms with Crippen LogP contribution in [0.5, 0.6) is 0 Å². The Hall–Kier alpha value is -2.28. The number of aromatic nitrogens is 1. The van der Waals surface area contributed by atoms with Gasteiger partial charge in [-0.3, -0.25) is 9.78 Å². The molecule has 1 N–H and O–H groups in total. The number of thiol groups is 1. The fourth-order valence-corrected chi connectivity index (χ4v) is 8.29. The molecule has 0 amide bonds. The minimum Gasteiger partial charge on any atom is -0.512 e. The molecule has 7 heteroatoms. The summed E-state index contributed by atoms with van der Waals surface area (Å²) in [6.45, 7) is 29.6. The average molecular weight is 935 g/mol. The summed E-state index contributed by atoms with van der Waals surface area (Å²) in [4.78, 5) is 19.3. The molecular formula is C45H60IrNO2S3-. The molecule has 0 aliphatic heterocycles. The van der Waals surface area contributed by atoms with Crippen LogP contribution in [0.2, 0.25) is 0 Å². The molecule has 52 heavy (non-hydrogen) atoms. The Balaban J connectivity index is 0.000000444. The van der Waals surface area contributed by atoms with Gasteiger partial charge in [0.05, 0.1) is 0 Å². The van der Waals surface area contributed by atoms with E-state index in [9.17, 15) is 9.90 Å². The number of nitrogens with zero attached hydrogens (tertiary/aromatic N) is 1. The largest absolute Gasteiger partial charge is 0.512 e. The monoisotopic (exact) mass is 935 g/mol. The summed E-state index contributed by atoms with van der Waals surface area (Å²) in [5.41, 5.74) is 5.21. The molecule has 0 atom stereocenters. The van der Waals surface area contributed by atoms with E-state index in [-0.39, 0.29) is 47.9 Å². The number of hydrogen-bond donors (Lipinski definition) is 2. The zero-order valence-electron chi connectivity index (χ0n) is 33.4. The van der Waals surface area contributed by atoms with Crippen LogP contribution in [0, 0.1) is 22.8 Å². The fourth-order valence-electron chi connectivity index (χ4n) is 5.94. The van der Waals surface area contributed by atoms with Gasteiger partial charge in [-0.15, -0.1) is 47.6 Å². The third-order valence-corrected chi connectivity index (χ3v) is 12.9. The van der Waals surface area contributed by atoms with Crippen molar-refractivity contribution in [1.82, 2.24) is 4.98 Å². The number of carbonyl (C=O) groups is 1. The first-order valence-electron chi connectivity index (χ1n) is 18.4. The number of rotatable bonds is 13. The summed E-state index contributed by atoms with van der Waals surface area (Å²) < 4.78 is 2.53. The first-order chi connectivity index (χ1) is 23.9. The van der Waals surface area contributed by atoms with Crippen LogP contribution in [0.1, 0.15) is 131 Å². The molecule has 1 aromatic carbocycles. The zero-order valence-corrected chi connectivity index (χ0v) is 38.3. The fraction of sp³-hybridized carbons (Fsp3) is 0.467. The van der Waals surface area contributed by atoms with Crippen LogP contribution in [0.4, 0.5) is 0 Å². The van der Waals surface area contributed by atoms with Crippen LogP contribution < -0.4 is 0 Å². The minimum absolute atomic E-state index is 0. The van der Waals surface area contributed by atoms with Crippen molar-refractivity contribution >= 4 is 73.4 Å². The van der Waals surface area contributed by atoms with E-state index in [0.717, 1.165) is 64.6 Å². The van der Waals surface area contributed by atoms with Crippen molar-refractivity contribution in [3.05, 3.63) is 86.8 Å². The third kappa shape index (κ3) is 10.7. The molecule has 4 rings (SSSR count). The van der Waals surface area contributed by atoms with E-state index in [1.54, 1.807) is 22.7 Å². The van der Waals surface area contributed by atoms with Crippen molar-refractivity contribution < 1.29 is 30.0 Å². The maximum atomic E-state index is 12.2. The van der Waals surface area contributed by atoms with Crippen molar-refractivity contribution in [3.63, 3.8) is 0 Å². The van der Waals surface area contributed by atoms with Crippen LogP contribution in [0.25, 0.3) is 43.6 Å². The Bertz CT molecular complexity index is 1920. The summed E-state index contributed by atoms with van der Waals surface area (Å²) in [5.74, 6) is 0.868. The van der Waals surface area contributed by atoms with Crippen LogP contribution in [-0.2, 0) is 30.3 Å². The Morgan fingerprint density at radius 3 is 2.17 bits per heavy atom. The molecule has 0 aliphatic rings. The van der Waals surface area contributed by atoms with Gasteiger partial charge in [-0.05, 0) is 94.0 Å². The molecule has 3 nitrogen and oxygen atoms in total. The number of thiophene rings is 2. The van der Waals surface area contributed by atoms with Gasteiger partial charge in [0, 0.05) is 58.5 Å². The second-order valence-electron chi connectivity index (χ2n) is 15.6. The van der Waals surface area contributed by atoms with Gasteiger partial charge in [-0.2, -0.15) is 11.3 Å². The Morgan fingerprint density at radius 1 is 1.04 bits per heavy atom. The summed E-state index contributed by atoms with van der Waals surface area (Å²) in [7, 11) is 0. The van der Waals surface area contributed by atoms with E-state index < -0.39 is 0 Å². The molecular weight excluding hydrogens is 875 g/mol. The standard InChI is InChI=1S/C30H32NS3.C15H28O2.Ir/c1-8-23-25(10-9-20(19(4)32)15-18(2)3)34-26-11-13-31-28(27(23)26)22-16-21-12-14-33-29(21)24(17-22)30(5,6)7;1-7-14(5,8-2)12(16)11-13(17)15(6,9-3)10-4;/h8-14,17-18,32H,1,15H2,2-7H3;11,16H,7-10H2,1-6H3;/q-1;;/b10-9+,20-19+;12-11-;. The molecule has 0 unspecified atom stereocenters. The average Bonchev–Trinajstić information content (AvgIpc) is 3.72. The topological polar surface area (TPSA) is 50.2 Å². The van der Waals surface area contributed by atoms with Crippen molar-refractivity contribution in [2.75, 3.05) is 0 Å². The Kier molecular flexibility index (Phi) is 17.1. The molecule has 0 spiro atoms. The van der Waals surface area contributed by atoms with Gasteiger partial charge in [0.15, 0.2) is 5.78 Å². The summed E-state index contributed by atoms with van der Waals surface area (Å²) in [6.07, 6.45) is 14.1. The second kappa shape index (κ2) is 19.3. The molecule has 3 heterocycles. The van der Waals surface area contributed by atoms with Gasteiger partial charge in [-0.1, -0.05) is 106 Å². The number of pyridine rings is 1. The normalized spacial score (nSPS) is 13.3.